The molecule has 0 saturated heterocycles. The van der Waals surface area contributed by atoms with E-state index in [2.05, 4.69) is 10.4 Å². The van der Waals surface area contributed by atoms with Crippen molar-refractivity contribution in [1.82, 2.24) is 15.1 Å². The van der Waals surface area contributed by atoms with E-state index in [1.54, 1.807) is 0 Å². The Labute approximate surface area is 124 Å². The molecular weight excluding hydrogens is 272 g/mol. The summed E-state index contributed by atoms with van der Waals surface area (Å²) in [5.74, 6) is -0.968. The van der Waals surface area contributed by atoms with Crippen LogP contribution in [0.25, 0.3) is 0 Å². The van der Waals surface area contributed by atoms with Crippen LogP contribution in [0.2, 0.25) is 0 Å². The lowest BCUT2D eigenvalue weighted by Crippen LogP contribution is -2.33. The van der Waals surface area contributed by atoms with Gasteiger partial charge in [-0.3, -0.25) is 4.68 Å². The predicted octanol–water partition coefficient (Wildman–Crippen LogP) is 2.94. The van der Waals surface area contributed by atoms with E-state index in [1.165, 1.54) is 18.2 Å². The van der Waals surface area contributed by atoms with Gasteiger partial charge in [0, 0.05) is 24.3 Å². The van der Waals surface area contributed by atoms with Gasteiger partial charge in [0.25, 0.3) is 0 Å². The third kappa shape index (κ3) is 4.11. The summed E-state index contributed by atoms with van der Waals surface area (Å²) in [6.07, 6.45) is 4.80. The highest BCUT2D eigenvalue weighted by Crippen LogP contribution is 2.16. The molecule has 114 valence electrons. The molecule has 5 heteroatoms. The molecule has 1 heterocycles. The molecule has 1 N–H and O–H groups in total. The number of nitrogens with one attached hydrogen (secondary N) is 1. The van der Waals surface area contributed by atoms with Crippen LogP contribution in [0.5, 0.6) is 0 Å². The SMILES string of the molecule is CCNC(Cc1cnn(CC)c1)Cc1c(F)cccc1F. The molecule has 0 aliphatic carbocycles. The van der Waals surface area contributed by atoms with Crippen LogP contribution in [-0.2, 0) is 19.4 Å². The van der Waals surface area contributed by atoms with E-state index in [0.29, 0.717) is 12.8 Å². The van der Waals surface area contributed by atoms with Crippen LogP contribution in [0.3, 0.4) is 0 Å². The lowest BCUT2D eigenvalue weighted by atomic mass is 9.99. The summed E-state index contributed by atoms with van der Waals surface area (Å²) in [5, 5.41) is 7.52. The normalized spacial score (nSPS) is 12.6. The molecule has 2 aromatic rings. The fourth-order valence-electron chi connectivity index (χ4n) is 2.45. The molecule has 0 amide bonds. The third-order valence-corrected chi connectivity index (χ3v) is 3.50. The molecule has 0 aliphatic heterocycles. The Bertz CT molecular complexity index is 560. The molecular formula is C16H21F2N3. The summed E-state index contributed by atoms with van der Waals surface area (Å²) in [4.78, 5) is 0. The molecule has 1 unspecified atom stereocenters. The molecule has 2 rings (SSSR count). The first-order valence-electron chi connectivity index (χ1n) is 7.31. The number of nitrogens with zero attached hydrogens (tertiary/aromatic N) is 2. The zero-order valence-corrected chi connectivity index (χ0v) is 12.4. The molecule has 0 spiro atoms. The van der Waals surface area contributed by atoms with Gasteiger partial charge >= 0.3 is 0 Å². The fraction of sp³-hybridized carbons (Fsp3) is 0.438. The molecule has 1 aromatic carbocycles. The van der Waals surface area contributed by atoms with Crippen LogP contribution < -0.4 is 5.32 Å². The highest BCUT2D eigenvalue weighted by molar-refractivity contribution is 5.21. The molecule has 0 fully saturated rings. The first kappa shape index (κ1) is 15.6. The second-order valence-electron chi connectivity index (χ2n) is 5.07. The minimum Gasteiger partial charge on any atom is -0.314 e. The van der Waals surface area contributed by atoms with Crippen molar-refractivity contribution in [3.63, 3.8) is 0 Å². The highest BCUT2D eigenvalue weighted by Gasteiger charge is 2.16. The van der Waals surface area contributed by atoms with Crippen LogP contribution in [0, 0.1) is 11.6 Å². The molecule has 21 heavy (non-hydrogen) atoms. The Hall–Kier alpha value is -1.75. The molecule has 0 saturated carbocycles. The number of hydrogen-bond donors (Lipinski definition) is 1. The topological polar surface area (TPSA) is 29.9 Å². The summed E-state index contributed by atoms with van der Waals surface area (Å²) in [6.45, 7) is 5.57. The van der Waals surface area contributed by atoms with E-state index in [4.69, 9.17) is 0 Å². The van der Waals surface area contributed by atoms with Gasteiger partial charge < -0.3 is 5.32 Å². The lowest BCUT2D eigenvalue weighted by Gasteiger charge is -2.18. The molecule has 0 aliphatic rings. The van der Waals surface area contributed by atoms with Crippen LogP contribution in [0.4, 0.5) is 8.78 Å². The lowest BCUT2D eigenvalue weighted by molar-refractivity contribution is 0.484. The monoisotopic (exact) mass is 293 g/mol. The smallest absolute Gasteiger partial charge is 0.129 e. The zero-order chi connectivity index (χ0) is 15.2. The van der Waals surface area contributed by atoms with E-state index in [9.17, 15) is 8.78 Å². The fourth-order valence-corrected chi connectivity index (χ4v) is 2.45. The highest BCUT2D eigenvalue weighted by atomic mass is 19.1. The standard InChI is InChI=1S/C16H21F2N3/c1-3-19-13(8-12-10-20-21(4-2)11-12)9-14-15(17)6-5-7-16(14)18/h5-7,10-11,13,19H,3-4,8-9H2,1-2H3. The quantitative estimate of drug-likeness (QED) is 0.850. The number of benzene rings is 1. The predicted molar refractivity (Wildman–Crippen MR) is 79.1 cm³/mol. The summed E-state index contributed by atoms with van der Waals surface area (Å²) in [6, 6.07) is 3.98. The molecule has 0 bridgehead atoms. The van der Waals surface area contributed by atoms with Crippen molar-refractivity contribution in [3.8, 4) is 0 Å². The van der Waals surface area contributed by atoms with Gasteiger partial charge in [-0.15, -0.1) is 0 Å². The largest absolute Gasteiger partial charge is 0.314 e. The number of rotatable bonds is 7. The molecule has 0 radical (unpaired) electrons. The van der Waals surface area contributed by atoms with Crippen LogP contribution >= 0.6 is 0 Å². The van der Waals surface area contributed by atoms with E-state index >= 15 is 0 Å². The summed E-state index contributed by atoms with van der Waals surface area (Å²) >= 11 is 0. The van der Waals surface area contributed by atoms with Gasteiger partial charge in [-0.25, -0.2) is 8.78 Å². The molecule has 3 nitrogen and oxygen atoms in total. The van der Waals surface area contributed by atoms with Crippen molar-refractivity contribution in [2.24, 2.45) is 0 Å². The van der Waals surface area contributed by atoms with Crippen molar-refractivity contribution in [2.75, 3.05) is 6.54 Å². The van der Waals surface area contributed by atoms with Crippen molar-refractivity contribution in [1.29, 1.82) is 0 Å². The zero-order valence-electron chi connectivity index (χ0n) is 12.4. The maximum atomic E-state index is 13.8. The van der Waals surface area contributed by atoms with E-state index in [-0.39, 0.29) is 11.6 Å². The summed E-state index contributed by atoms with van der Waals surface area (Å²) in [5.41, 5.74) is 1.21. The van der Waals surface area contributed by atoms with Crippen molar-refractivity contribution < 1.29 is 8.78 Å². The second kappa shape index (κ2) is 7.31. The van der Waals surface area contributed by atoms with Crippen molar-refractivity contribution in [2.45, 2.75) is 39.3 Å². The molecule has 1 aromatic heterocycles. The number of hydrogen-bond acceptors (Lipinski definition) is 2. The minimum absolute atomic E-state index is 0.0177. The summed E-state index contributed by atoms with van der Waals surface area (Å²) in [7, 11) is 0. The van der Waals surface area contributed by atoms with Crippen molar-refractivity contribution in [3.05, 3.63) is 53.4 Å². The Morgan fingerprint density at radius 1 is 1.19 bits per heavy atom. The van der Waals surface area contributed by atoms with E-state index in [1.807, 2.05) is 30.9 Å². The summed E-state index contributed by atoms with van der Waals surface area (Å²) < 4.78 is 29.4. The maximum absolute atomic E-state index is 13.8. The Kier molecular flexibility index (Phi) is 5.44. The van der Waals surface area contributed by atoms with E-state index in [0.717, 1.165) is 18.7 Å². The van der Waals surface area contributed by atoms with Crippen molar-refractivity contribution >= 4 is 0 Å². The van der Waals surface area contributed by atoms with E-state index < -0.39 is 11.6 Å². The van der Waals surface area contributed by atoms with Gasteiger partial charge in [-0.1, -0.05) is 13.0 Å². The average molecular weight is 293 g/mol. The molecule has 1 atom stereocenters. The maximum Gasteiger partial charge on any atom is 0.129 e. The Morgan fingerprint density at radius 2 is 1.90 bits per heavy atom. The Balaban J connectivity index is 2.11. The second-order valence-corrected chi connectivity index (χ2v) is 5.07. The number of halogens is 2. The number of aryl methyl sites for hydroxylation is 1. The van der Waals surface area contributed by atoms with Crippen LogP contribution in [0.1, 0.15) is 25.0 Å². The van der Waals surface area contributed by atoms with Gasteiger partial charge in [-0.05, 0) is 44.0 Å². The van der Waals surface area contributed by atoms with Gasteiger partial charge in [0.2, 0.25) is 0 Å². The van der Waals surface area contributed by atoms with Crippen LogP contribution in [0.15, 0.2) is 30.6 Å². The minimum atomic E-state index is -0.484. The van der Waals surface area contributed by atoms with Gasteiger partial charge in [0.1, 0.15) is 11.6 Å². The average Bonchev–Trinajstić information content (AvgIpc) is 2.91. The van der Waals surface area contributed by atoms with Gasteiger partial charge in [0.15, 0.2) is 0 Å². The third-order valence-electron chi connectivity index (χ3n) is 3.50. The Morgan fingerprint density at radius 3 is 2.48 bits per heavy atom. The van der Waals surface area contributed by atoms with Crippen LogP contribution in [-0.4, -0.2) is 22.4 Å². The van der Waals surface area contributed by atoms with Gasteiger partial charge in [0.05, 0.1) is 6.20 Å². The first-order chi connectivity index (χ1) is 10.1. The first-order valence-corrected chi connectivity index (χ1v) is 7.31. The number of likely N-dealkylation sites (N-methyl/N-ethyl adjacent to an activating group) is 1. The number of aromatic nitrogens is 2. The van der Waals surface area contributed by atoms with Gasteiger partial charge in [-0.2, -0.15) is 5.10 Å².